The van der Waals surface area contributed by atoms with Crippen LogP contribution in [0.25, 0.3) is 0 Å². The van der Waals surface area contributed by atoms with Gasteiger partial charge in [-0.15, -0.1) is 11.3 Å². The highest BCUT2D eigenvalue weighted by atomic mass is 32.1. The second-order valence-corrected chi connectivity index (χ2v) is 5.68. The van der Waals surface area contributed by atoms with Gasteiger partial charge in [-0.2, -0.15) is 0 Å². The van der Waals surface area contributed by atoms with Crippen LogP contribution in [-0.4, -0.2) is 18.3 Å². The van der Waals surface area contributed by atoms with Gasteiger partial charge in [0.15, 0.2) is 0 Å². The van der Waals surface area contributed by atoms with Gasteiger partial charge in [0.05, 0.1) is 0 Å². The highest BCUT2D eigenvalue weighted by molar-refractivity contribution is 7.10. The van der Waals surface area contributed by atoms with Crippen LogP contribution in [-0.2, 0) is 0 Å². The molecule has 0 amide bonds. The van der Waals surface area contributed by atoms with E-state index in [1.54, 1.807) is 0 Å². The molecule has 84 valence electrons. The van der Waals surface area contributed by atoms with Crippen molar-refractivity contribution in [1.82, 2.24) is 5.32 Å². The summed E-state index contributed by atoms with van der Waals surface area (Å²) < 4.78 is 0. The lowest BCUT2D eigenvalue weighted by atomic mass is 10.1. The Morgan fingerprint density at radius 3 is 2.80 bits per heavy atom. The zero-order chi connectivity index (χ0) is 10.9. The monoisotopic (exact) mass is 225 g/mol. The van der Waals surface area contributed by atoms with Crippen molar-refractivity contribution in [2.45, 2.75) is 32.7 Å². The Morgan fingerprint density at radius 2 is 2.33 bits per heavy atom. The van der Waals surface area contributed by atoms with E-state index < -0.39 is 0 Å². The number of nitrogens with one attached hydrogen (secondary N) is 1. The van der Waals surface area contributed by atoms with Crippen molar-refractivity contribution in [2.75, 3.05) is 13.2 Å². The molecule has 1 atom stereocenters. The quantitative estimate of drug-likeness (QED) is 0.807. The molecule has 1 aliphatic carbocycles. The first-order valence-electron chi connectivity index (χ1n) is 5.55. The highest BCUT2D eigenvalue weighted by Gasteiger charge is 2.41. The van der Waals surface area contributed by atoms with Gasteiger partial charge in [0.25, 0.3) is 0 Å². The van der Waals surface area contributed by atoms with E-state index in [9.17, 15) is 5.11 Å². The van der Waals surface area contributed by atoms with Crippen LogP contribution in [0.4, 0.5) is 0 Å². The summed E-state index contributed by atoms with van der Waals surface area (Å²) in [5, 5.41) is 14.9. The first-order valence-corrected chi connectivity index (χ1v) is 6.43. The van der Waals surface area contributed by atoms with E-state index in [-0.39, 0.29) is 5.41 Å². The molecule has 2 rings (SSSR count). The third-order valence-electron chi connectivity index (χ3n) is 3.37. The molecule has 2 nitrogen and oxygen atoms in total. The Bertz CT molecular complexity index is 330. The number of thiophene rings is 1. The van der Waals surface area contributed by atoms with Gasteiger partial charge >= 0.3 is 0 Å². The van der Waals surface area contributed by atoms with Crippen molar-refractivity contribution in [3.05, 3.63) is 21.9 Å². The fourth-order valence-corrected chi connectivity index (χ4v) is 2.82. The second-order valence-electron chi connectivity index (χ2n) is 4.73. The van der Waals surface area contributed by atoms with Gasteiger partial charge in [-0.1, -0.05) is 0 Å². The molecule has 0 saturated heterocycles. The van der Waals surface area contributed by atoms with Crippen LogP contribution in [0.15, 0.2) is 11.4 Å². The van der Waals surface area contributed by atoms with Crippen LogP contribution >= 0.6 is 11.3 Å². The number of rotatable bonds is 5. The van der Waals surface area contributed by atoms with Gasteiger partial charge in [-0.25, -0.2) is 0 Å². The Hall–Kier alpha value is -0.380. The van der Waals surface area contributed by atoms with E-state index in [1.807, 2.05) is 11.3 Å². The van der Waals surface area contributed by atoms with Crippen molar-refractivity contribution >= 4 is 11.3 Å². The zero-order valence-corrected chi connectivity index (χ0v) is 10.2. The maximum atomic E-state index is 9.22. The standard InChI is InChI=1S/C12H19NOS/c1-9-3-6-15-11(9)10(2)13-7-12(8-14)4-5-12/h3,6,10,13-14H,4-5,7-8H2,1-2H3. The molecule has 0 spiro atoms. The van der Waals surface area contributed by atoms with Gasteiger partial charge in [-0.3, -0.25) is 0 Å². The van der Waals surface area contributed by atoms with Crippen LogP contribution in [0, 0.1) is 12.3 Å². The van der Waals surface area contributed by atoms with Gasteiger partial charge in [0, 0.05) is 29.5 Å². The molecule has 15 heavy (non-hydrogen) atoms. The van der Waals surface area contributed by atoms with Crippen LogP contribution in [0.5, 0.6) is 0 Å². The van der Waals surface area contributed by atoms with Crippen molar-refractivity contribution in [1.29, 1.82) is 0 Å². The molecule has 1 saturated carbocycles. The molecule has 3 heteroatoms. The Labute approximate surface area is 95.3 Å². The maximum absolute atomic E-state index is 9.22. The second kappa shape index (κ2) is 4.24. The lowest BCUT2D eigenvalue weighted by Gasteiger charge is -2.18. The molecule has 2 N–H and O–H groups in total. The number of hydrogen-bond donors (Lipinski definition) is 2. The summed E-state index contributed by atoms with van der Waals surface area (Å²) in [6.45, 7) is 5.63. The minimum atomic E-state index is 0.208. The van der Waals surface area contributed by atoms with Crippen LogP contribution in [0.3, 0.4) is 0 Å². The van der Waals surface area contributed by atoms with E-state index >= 15 is 0 Å². The van der Waals surface area contributed by atoms with Gasteiger partial charge < -0.3 is 10.4 Å². The predicted octanol–water partition coefficient (Wildman–Crippen LogP) is 2.48. The summed E-state index contributed by atoms with van der Waals surface area (Å²) in [5.41, 5.74) is 1.58. The third kappa shape index (κ3) is 2.41. The first kappa shape index (κ1) is 11.1. The van der Waals surface area contributed by atoms with E-state index in [1.165, 1.54) is 23.3 Å². The lowest BCUT2D eigenvalue weighted by molar-refractivity contribution is 0.205. The average Bonchev–Trinajstić information content (AvgIpc) is 2.91. The predicted molar refractivity (Wildman–Crippen MR) is 64.2 cm³/mol. The maximum Gasteiger partial charge on any atom is 0.0499 e. The molecule has 0 bridgehead atoms. The molecule has 1 aromatic rings. The molecule has 1 heterocycles. The number of hydrogen-bond acceptors (Lipinski definition) is 3. The van der Waals surface area contributed by atoms with Crippen LogP contribution in [0.2, 0.25) is 0 Å². The van der Waals surface area contributed by atoms with Crippen LogP contribution < -0.4 is 5.32 Å². The fraction of sp³-hybridized carbons (Fsp3) is 0.667. The number of aryl methyl sites for hydroxylation is 1. The van der Waals surface area contributed by atoms with E-state index in [0.717, 1.165) is 6.54 Å². The molecule has 0 aromatic carbocycles. The number of aliphatic hydroxyl groups excluding tert-OH is 1. The summed E-state index contributed by atoms with van der Waals surface area (Å²) >= 11 is 1.81. The molecule has 0 aliphatic heterocycles. The molecule has 1 unspecified atom stereocenters. The van der Waals surface area contributed by atoms with Gasteiger partial charge in [-0.05, 0) is 43.7 Å². The lowest BCUT2D eigenvalue weighted by Crippen LogP contribution is -2.28. The smallest absolute Gasteiger partial charge is 0.0499 e. The molecule has 1 fully saturated rings. The van der Waals surface area contributed by atoms with E-state index in [2.05, 4.69) is 30.6 Å². The van der Waals surface area contributed by atoms with E-state index in [0.29, 0.717) is 12.6 Å². The summed E-state index contributed by atoms with van der Waals surface area (Å²) in [6.07, 6.45) is 2.35. The summed E-state index contributed by atoms with van der Waals surface area (Å²) in [4.78, 5) is 1.42. The fourth-order valence-electron chi connectivity index (χ4n) is 1.86. The van der Waals surface area contributed by atoms with Gasteiger partial charge in [0.1, 0.15) is 0 Å². The summed E-state index contributed by atoms with van der Waals surface area (Å²) in [7, 11) is 0. The van der Waals surface area contributed by atoms with Crippen molar-refractivity contribution in [3.63, 3.8) is 0 Å². The molecule has 1 aromatic heterocycles. The van der Waals surface area contributed by atoms with Crippen LogP contribution in [0.1, 0.15) is 36.2 Å². The Balaban J connectivity index is 1.88. The summed E-state index contributed by atoms with van der Waals surface area (Å²) in [5.74, 6) is 0. The summed E-state index contributed by atoms with van der Waals surface area (Å²) in [6, 6.07) is 2.57. The normalized spacial score (nSPS) is 20.2. The minimum Gasteiger partial charge on any atom is -0.396 e. The SMILES string of the molecule is Cc1ccsc1C(C)NCC1(CO)CC1. The third-order valence-corrected chi connectivity index (χ3v) is 4.57. The molecule has 0 radical (unpaired) electrons. The largest absolute Gasteiger partial charge is 0.396 e. The van der Waals surface area contributed by atoms with E-state index in [4.69, 9.17) is 0 Å². The molecular weight excluding hydrogens is 206 g/mol. The average molecular weight is 225 g/mol. The Morgan fingerprint density at radius 1 is 1.60 bits per heavy atom. The first-order chi connectivity index (χ1) is 7.17. The highest BCUT2D eigenvalue weighted by Crippen LogP contribution is 2.44. The van der Waals surface area contributed by atoms with Crippen molar-refractivity contribution in [2.24, 2.45) is 5.41 Å². The van der Waals surface area contributed by atoms with Crippen molar-refractivity contribution in [3.8, 4) is 0 Å². The van der Waals surface area contributed by atoms with Crippen molar-refractivity contribution < 1.29 is 5.11 Å². The minimum absolute atomic E-state index is 0.208. The number of aliphatic hydroxyl groups is 1. The topological polar surface area (TPSA) is 32.3 Å². The Kier molecular flexibility index (Phi) is 3.14. The van der Waals surface area contributed by atoms with Gasteiger partial charge in [0.2, 0.25) is 0 Å². The molecule has 1 aliphatic rings. The molecular formula is C12H19NOS. The zero-order valence-electron chi connectivity index (χ0n) is 9.42.